The highest BCUT2D eigenvalue weighted by Gasteiger charge is 2.08. The van der Waals surface area contributed by atoms with Crippen molar-refractivity contribution in [3.63, 3.8) is 0 Å². The highest BCUT2D eigenvalue weighted by Crippen LogP contribution is 2.11. The zero-order valence-corrected chi connectivity index (χ0v) is 10.9. The summed E-state index contributed by atoms with van der Waals surface area (Å²) >= 11 is 0. The Morgan fingerprint density at radius 1 is 1.28 bits per heavy atom. The zero-order valence-electron chi connectivity index (χ0n) is 10.9. The van der Waals surface area contributed by atoms with Gasteiger partial charge in [0.2, 0.25) is 0 Å². The molecule has 0 unspecified atom stereocenters. The van der Waals surface area contributed by atoms with Gasteiger partial charge in [0, 0.05) is 18.4 Å². The molecule has 96 valence electrons. The number of nitrogens with zero attached hydrogens (tertiary/aromatic N) is 2. The fraction of sp³-hybridized carbons (Fsp3) is 0.357. The van der Waals surface area contributed by atoms with E-state index >= 15 is 0 Å². The topological polar surface area (TPSA) is 26.9 Å². The van der Waals surface area contributed by atoms with Crippen LogP contribution in [0.5, 0.6) is 0 Å². The molecule has 1 aromatic carbocycles. The van der Waals surface area contributed by atoms with Gasteiger partial charge in [0.1, 0.15) is 5.82 Å². The quantitative estimate of drug-likeness (QED) is 0.820. The van der Waals surface area contributed by atoms with Crippen molar-refractivity contribution >= 4 is 0 Å². The molecule has 3 nitrogen and oxygen atoms in total. The summed E-state index contributed by atoms with van der Waals surface area (Å²) in [4.78, 5) is 12.0. The van der Waals surface area contributed by atoms with Crippen molar-refractivity contribution in [2.24, 2.45) is 0 Å². The van der Waals surface area contributed by atoms with Crippen LogP contribution in [0.3, 0.4) is 0 Å². The van der Waals surface area contributed by atoms with Crippen LogP contribution in [0.1, 0.15) is 31.0 Å². The van der Waals surface area contributed by atoms with Gasteiger partial charge in [-0.3, -0.25) is 9.13 Å². The van der Waals surface area contributed by atoms with Crippen LogP contribution in [0, 0.1) is 12.7 Å². The molecule has 1 aromatic heterocycles. The predicted molar refractivity (Wildman–Crippen MR) is 69.3 cm³/mol. The van der Waals surface area contributed by atoms with Gasteiger partial charge in [-0.15, -0.1) is 0 Å². The second-order valence-electron chi connectivity index (χ2n) is 4.78. The van der Waals surface area contributed by atoms with Crippen molar-refractivity contribution in [1.29, 1.82) is 0 Å². The molecule has 2 rings (SSSR count). The molecule has 0 saturated carbocycles. The number of hydrogen-bond donors (Lipinski definition) is 0. The maximum absolute atomic E-state index is 13.2. The first-order chi connectivity index (χ1) is 8.49. The Morgan fingerprint density at radius 2 is 2.00 bits per heavy atom. The summed E-state index contributed by atoms with van der Waals surface area (Å²) < 4.78 is 16.5. The number of benzene rings is 1. The summed E-state index contributed by atoms with van der Waals surface area (Å²) in [7, 11) is 0. The molecular formula is C14H17FN2O. The highest BCUT2D eigenvalue weighted by molar-refractivity contribution is 5.26. The lowest BCUT2D eigenvalue weighted by Gasteiger charge is -2.07. The molecule has 0 amide bonds. The molecule has 0 aliphatic carbocycles. The average molecular weight is 248 g/mol. The minimum absolute atomic E-state index is 0.0614. The van der Waals surface area contributed by atoms with Crippen molar-refractivity contribution in [3.8, 4) is 0 Å². The minimum Gasteiger partial charge on any atom is -0.297 e. The van der Waals surface area contributed by atoms with Crippen LogP contribution in [-0.4, -0.2) is 9.13 Å². The SMILES string of the molecule is Cc1ccc(F)cc1Cn1ccn(C(C)C)c1=O. The molecule has 0 atom stereocenters. The van der Waals surface area contributed by atoms with Gasteiger partial charge in [-0.2, -0.15) is 0 Å². The molecule has 0 aliphatic rings. The van der Waals surface area contributed by atoms with E-state index in [1.54, 1.807) is 27.6 Å². The van der Waals surface area contributed by atoms with Gasteiger partial charge in [-0.05, 0) is 44.0 Å². The van der Waals surface area contributed by atoms with Crippen molar-refractivity contribution in [1.82, 2.24) is 9.13 Å². The summed E-state index contributed by atoms with van der Waals surface area (Å²) in [6.45, 7) is 6.24. The van der Waals surface area contributed by atoms with Gasteiger partial charge in [0.05, 0.1) is 6.54 Å². The highest BCUT2D eigenvalue weighted by atomic mass is 19.1. The molecule has 18 heavy (non-hydrogen) atoms. The molecule has 0 saturated heterocycles. The number of halogens is 1. The van der Waals surface area contributed by atoms with E-state index in [1.807, 2.05) is 20.8 Å². The maximum atomic E-state index is 13.2. The fourth-order valence-corrected chi connectivity index (χ4v) is 1.94. The van der Waals surface area contributed by atoms with E-state index in [-0.39, 0.29) is 17.5 Å². The molecule has 0 spiro atoms. The third kappa shape index (κ3) is 2.37. The Kier molecular flexibility index (Phi) is 3.36. The molecule has 2 aromatic rings. The summed E-state index contributed by atoms with van der Waals surface area (Å²) in [5, 5.41) is 0. The van der Waals surface area contributed by atoms with Crippen LogP contribution < -0.4 is 5.69 Å². The lowest BCUT2D eigenvalue weighted by atomic mass is 10.1. The molecule has 4 heteroatoms. The van der Waals surface area contributed by atoms with E-state index in [2.05, 4.69) is 0 Å². The van der Waals surface area contributed by atoms with Gasteiger partial charge in [0.25, 0.3) is 0 Å². The molecule has 0 N–H and O–H groups in total. The molecule has 1 heterocycles. The number of imidazole rings is 1. The van der Waals surface area contributed by atoms with E-state index in [1.165, 1.54) is 12.1 Å². The largest absolute Gasteiger partial charge is 0.328 e. The minimum atomic E-state index is -0.271. The van der Waals surface area contributed by atoms with Crippen LogP contribution in [-0.2, 0) is 6.54 Å². The standard InChI is InChI=1S/C14H17FN2O/c1-10(2)17-7-6-16(14(17)18)9-12-8-13(15)5-4-11(12)3/h4-8,10H,9H2,1-3H3. The van der Waals surface area contributed by atoms with Gasteiger partial charge >= 0.3 is 5.69 Å². The second kappa shape index (κ2) is 4.80. The van der Waals surface area contributed by atoms with Gasteiger partial charge in [-0.25, -0.2) is 9.18 Å². The predicted octanol–water partition coefficient (Wildman–Crippen LogP) is 2.73. The summed E-state index contributed by atoms with van der Waals surface area (Å²) in [5.74, 6) is -0.271. The summed E-state index contributed by atoms with van der Waals surface area (Å²) in [6.07, 6.45) is 3.51. The van der Waals surface area contributed by atoms with Crippen LogP contribution in [0.4, 0.5) is 4.39 Å². The molecule has 0 fully saturated rings. The van der Waals surface area contributed by atoms with E-state index in [0.717, 1.165) is 11.1 Å². The van der Waals surface area contributed by atoms with Crippen LogP contribution in [0.15, 0.2) is 35.4 Å². The number of aryl methyl sites for hydroxylation is 1. The van der Waals surface area contributed by atoms with Gasteiger partial charge in [-0.1, -0.05) is 6.07 Å². The maximum Gasteiger partial charge on any atom is 0.328 e. The van der Waals surface area contributed by atoms with E-state index in [4.69, 9.17) is 0 Å². The monoisotopic (exact) mass is 248 g/mol. The smallest absolute Gasteiger partial charge is 0.297 e. The lowest BCUT2D eigenvalue weighted by molar-refractivity contribution is 0.560. The summed E-state index contributed by atoms with van der Waals surface area (Å²) in [5.41, 5.74) is 1.76. The Balaban J connectivity index is 2.35. The lowest BCUT2D eigenvalue weighted by Crippen LogP contribution is -2.25. The first-order valence-electron chi connectivity index (χ1n) is 6.01. The van der Waals surface area contributed by atoms with Crippen LogP contribution in [0.2, 0.25) is 0 Å². The number of rotatable bonds is 3. The number of aromatic nitrogens is 2. The van der Waals surface area contributed by atoms with Crippen molar-refractivity contribution < 1.29 is 4.39 Å². The first-order valence-corrected chi connectivity index (χ1v) is 6.01. The fourth-order valence-electron chi connectivity index (χ4n) is 1.94. The zero-order chi connectivity index (χ0) is 13.3. The Labute approximate surface area is 105 Å². The molecule has 0 aliphatic heterocycles. The normalized spacial score (nSPS) is 11.2. The van der Waals surface area contributed by atoms with Crippen LogP contribution in [0.25, 0.3) is 0 Å². The Hall–Kier alpha value is -1.84. The summed E-state index contributed by atoms with van der Waals surface area (Å²) in [6, 6.07) is 4.78. The van der Waals surface area contributed by atoms with E-state index < -0.39 is 0 Å². The second-order valence-corrected chi connectivity index (χ2v) is 4.78. The van der Waals surface area contributed by atoms with E-state index in [0.29, 0.717) is 6.54 Å². The van der Waals surface area contributed by atoms with Crippen molar-refractivity contribution in [3.05, 3.63) is 58.0 Å². The van der Waals surface area contributed by atoms with E-state index in [9.17, 15) is 9.18 Å². The van der Waals surface area contributed by atoms with Gasteiger partial charge < -0.3 is 0 Å². The molecular weight excluding hydrogens is 231 g/mol. The van der Waals surface area contributed by atoms with Crippen LogP contribution >= 0.6 is 0 Å². The molecule has 0 bridgehead atoms. The average Bonchev–Trinajstić information content (AvgIpc) is 2.66. The number of hydrogen-bond acceptors (Lipinski definition) is 1. The third-order valence-electron chi connectivity index (χ3n) is 3.08. The third-order valence-corrected chi connectivity index (χ3v) is 3.08. The van der Waals surface area contributed by atoms with Crippen molar-refractivity contribution in [2.45, 2.75) is 33.4 Å². The Bertz CT molecular complexity index is 610. The van der Waals surface area contributed by atoms with Crippen molar-refractivity contribution in [2.75, 3.05) is 0 Å². The first kappa shape index (κ1) is 12.6. The van der Waals surface area contributed by atoms with Gasteiger partial charge in [0.15, 0.2) is 0 Å². The molecule has 0 radical (unpaired) electrons. The Morgan fingerprint density at radius 3 is 2.61 bits per heavy atom.